The summed E-state index contributed by atoms with van der Waals surface area (Å²) in [6.07, 6.45) is 0. The van der Waals surface area contributed by atoms with Crippen molar-refractivity contribution in [2.45, 2.75) is 12.5 Å². The molecule has 0 aliphatic rings. The minimum Gasteiger partial charge on any atom is -0.507 e. The van der Waals surface area contributed by atoms with Crippen molar-refractivity contribution in [2.75, 3.05) is 13.7 Å². The van der Waals surface area contributed by atoms with E-state index >= 15 is 0 Å². The van der Waals surface area contributed by atoms with Crippen LogP contribution >= 0.6 is 0 Å². The van der Waals surface area contributed by atoms with Crippen molar-refractivity contribution in [1.29, 1.82) is 0 Å². The molecule has 0 saturated heterocycles. The molecule has 0 aliphatic heterocycles. The number of nitrogens with two attached hydrogens (primary N) is 1. The summed E-state index contributed by atoms with van der Waals surface area (Å²) in [6.45, 7) is 0.177. The maximum Gasteiger partial charge on any atom is 0.312 e. The van der Waals surface area contributed by atoms with Crippen molar-refractivity contribution in [2.24, 2.45) is 5.73 Å². The topological polar surface area (TPSA) is 92.8 Å². The number of benzene rings is 1. The fourth-order valence-corrected chi connectivity index (χ4v) is 1.53. The van der Waals surface area contributed by atoms with Crippen LogP contribution in [0.4, 0.5) is 0 Å². The molecule has 5 heteroatoms. The Bertz CT molecular complexity index is 378. The Kier molecular flexibility index (Phi) is 4.28. The maximum atomic E-state index is 10.9. The van der Waals surface area contributed by atoms with Crippen LogP contribution in [0.5, 0.6) is 5.75 Å². The van der Waals surface area contributed by atoms with Crippen molar-refractivity contribution < 1.29 is 19.7 Å². The highest BCUT2D eigenvalue weighted by molar-refractivity contribution is 5.77. The fourth-order valence-electron chi connectivity index (χ4n) is 1.53. The number of hydrogen-bond acceptors (Lipinski definition) is 4. The van der Waals surface area contributed by atoms with Crippen LogP contribution in [0.2, 0.25) is 0 Å². The molecule has 0 spiro atoms. The highest BCUT2D eigenvalue weighted by Gasteiger charge is 2.22. The van der Waals surface area contributed by atoms with Gasteiger partial charge in [0.1, 0.15) is 5.75 Å². The number of methoxy groups -OCH3 is 1. The third kappa shape index (κ3) is 2.50. The molecular formula is C11H15NO4. The minimum atomic E-state index is -1.05. The molecule has 0 aromatic heterocycles. The van der Waals surface area contributed by atoms with E-state index in [4.69, 9.17) is 15.6 Å². The zero-order valence-corrected chi connectivity index (χ0v) is 9.01. The van der Waals surface area contributed by atoms with E-state index in [9.17, 15) is 9.90 Å². The van der Waals surface area contributed by atoms with Gasteiger partial charge in [0.05, 0.1) is 12.5 Å². The highest BCUT2D eigenvalue weighted by atomic mass is 16.5. The molecule has 0 saturated carbocycles. The second kappa shape index (κ2) is 5.48. The third-order valence-corrected chi connectivity index (χ3v) is 2.36. The maximum absolute atomic E-state index is 10.9. The van der Waals surface area contributed by atoms with Crippen molar-refractivity contribution in [3.05, 3.63) is 29.3 Å². The van der Waals surface area contributed by atoms with Crippen LogP contribution in [0.15, 0.2) is 18.2 Å². The molecule has 0 bridgehead atoms. The van der Waals surface area contributed by atoms with Crippen molar-refractivity contribution in [3.8, 4) is 5.75 Å². The molecule has 1 aromatic rings. The first kappa shape index (κ1) is 12.5. The van der Waals surface area contributed by atoms with Gasteiger partial charge in [0, 0.05) is 24.8 Å². The van der Waals surface area contributed by atoms with E-state index in [2.05, 4.69) is 0 Å². The van der Waals surface area contributed by atoms with Crippen LogP contribution in [0, 0.1) is 0 Å². The Labute approximate surface area is 93.5 Å². The van der Waals surface area contributed by atoms with Gasteiger partial charge in [-0.25, -0.2) is 0 Å². The number of carboxylic acid groups (broad SMARTS) is 1. The first-order valence-electron chi connectivity index (χ1n) is 4.84. The molecule has 88 valence electrons. The number of carbonyl (C=O) groups is 1. The third-order valence-electron chi connectivity index (χ3n) is 2.36. The van der Waals surface area contributed by atoms with E-state index < -0.39 is 11.9 Å². The van der Waals surface area contributed by atoms with Crippen molar-refractivity contribution >= 4 is 5.97 Å². The number of phenolic OH excluding ortho intramolecular Hbond substituents is 1. The lowest BCUT2D eigenvalue weighted by molar-refractivity contribution is -0.138. The Hall–Kier alpha value is -1.59. The average molecular weight is 225 g/mol. The van der Waals surface area contributed by atoms with E-state index in [0.717, 1.165) is 0 Å². The van der Waals surface area contributed by atoms with E-state index in [-0.39, 0.29) is 18.9 Å². The number of aliphatic carboxylic acids is 1. The van der Waals surface area contributed by atoms with Gasteiger partial charge in [0.15, 0.2) is 0 Å². The summed E-state index contributed by atoms with van der Waals surface area (Å²) in [5.41, 5.74) is 6.25. The zero-order chi connectivity index (χ0) is 12.1. The molecule has 0 radical (unpaired) electrons. The molecule has 16 heavy (non-hydrogen) atoms. The van der Waals surface area contributed by atoms with Crippen molar-refractivity contribution in [3.63, 3.8) is 0 Å². The molecular weight excluding hydrogens is 210 g/mol. The predicted octanol–water partition coefficient (Wildman–Crippen LogP) is 0.665. The van der Waals surface area contributed by atoms with Gasteiger partial charge in [0.25, 0.3) is 0 Å². The number of phenols is 1. The van der Waals surface area contributed by atoms with E-state index in [1.165, 1.54) is 7.11 Å². The smallest absolute Gasteiger partial charge is 0.312 e. The average Bonchev–Trinajstić information content (AvgIpc) is 2.24. The number of aromatic hydroxyl groups is 1. The van der Waals surface area contributed by atoms with E-state index in [0.29, 0.717) is 11.1 Å². The minimum absolute atomic E-state index is 0.0535. The zero-order valence-electron chi connectivity index (χ0n) is 9.01. The molecule has 1 unspecified atom stereocenters. The van der Waals surface area contributed by atoms with Gasteiger partial charge in [-0.3, -0.25) is 4.79 Å². The number of carboxylic acids is 1. The lowest BCUT2D eigenvalue weighted by Crippen LogP contribution is -2.21. The monoisotopic (exact) mass is 225 g/mol. The second-order valence-electron chi connectivity index (χ2n) is 3.41. The summed E-state index contributed by atoms with van der Waals surface area (Å²) in [5.74, 6) is -1.99. The van der Waals surface area contributed by atoms with Crippen LogP contribution in [-0.2, 0) is 16.1 Å². The summed E-state index contributed by atoms with van der Waals surface area (Å²) in [5, 5.41) is 18.8. The van der Waals surface area contributed by atoms with E-state index in [1.807, 2.05) is 0 Å². The molecule has 0 fully saturated rings. The lowest BCUT2D eigenvalue weighted by Gasteiger charge is -2.14. The molecule has 4 N–H and O–H groups in total. The lowest BCUT2D eigenvalue weighted by atomic mass is 9.96. The van der Waals surface area contributed by atoms with Crippen LogP contribution in [0.1, 0.15) is 17.0 Å². The normalized spacial score (nSPS) is 12.4. The summed E-state index contributed by atoms with van der Waals surface area (Å²) in [7, 11) is 1.50. The number of ether oxygens (including phenoxy) is 1. The largest absolute Gasteiger partial charge is 0.507 e. The molecule has 1 atom stereocenters. The summed E-state index contributed by atoms with van der Waals surface area (Å²) >= 11 is 0. The molecule has 0 heterocycles. The van der Waals surface area contributed by atoms with Gasteiger partial charge in [-0.1, -0.05) is 18.2 Å². The molecule has 1 aromatic carbocycles. The molecule has 0 amide bonds. The van der Waals surface area contributed by atoms with Crippen molar-refractivity contribution in [1.82, 2.24) is 0 Å². The number of para-hydroxylation sites is 1. The van der Waals surface area contributed by atoms with Gasteiger partial charge in [-0.15, -0.1) is 0 Å². The highest BCUT2D eigenvalue weighted by Crippen LogP contribution is 2.29. The summed E-state index contributed by atoms with van der Waals surface area (Å²) in [6, 6.07) is 4.91. The quantitative estimate of drug-likeness (QED) is 0.684. The first-order valence-corrected chi connectivity index (χ1v) is 4.84. The second-order valence-corrected chi connectivity index (χ2v) is 3.41. The Morgan fingerprint density at radius 2 is 2.25 bits per heavy atom. The number of hydrogen-bond donors (Lipinski definition) is 3. The van der Waals surface area contributed by atoms with Gasteiger partial charge < -0.3 is 20.7 Å². The summed E-state index contributed by atoms with van der Waals surface area (Å²) < 4.78 is 4.90. The van der Waals surface area contributed by atoms with Crippen LogP contribution in [0.25, 0.3) is 0 Å². The Balaban J connectivity index is 3.12. The van der Waals surface area contributed by atoms with Gasteiger partial charge in [-0.05, 0) is 0 Å². The Morgan fingerprint density at radius 1 is 1.56 bits per heavy atom. The molecule has 1 rings (SSSR count). The van der Waals surface area contributed by atoms with Crippen LogP contribution in [-0.4, -0.2) is 29.8 Å². The van der Waals surface area contributed by atoms with Gasteiger partial charge in [-0.2, -0.15) is 0 Å². The Morgan fingerprint density at radius 3 is 2.75 bits per heavy atom. The molecule has 0 aliphatic carbocycles. The number of rotatable bonds is 5. The fraction of sp³-hybridized carbons (Fsp3) is 0.364. The standard InChI is InChI=1S/C11H15NO4/c1-16-6-7-3-2-4-8(10(7)13)9(5-12)11(14)15/h2-4,9,13H,5-6,12H2,1H3,(H,14,15). The predicted molar refractivity (Wildman–Crippen MR) is 58.3 cm³/mol. The summed E-state index contributed by atoms with van der Waals surface area (Å²) in [4.78, 5) is 10.9. The SMILES string of the molecule is COCc1cccc(C(CN)C(=O)O)c1O. The van der Waals surface area contributed by atoms with E-state index in [1.54, 1.807) is 18.2 Å². The van der Waals surface area contributed by atoms with Crippen LogP contribution in [0.3, 0.4) is 0 Å². The molecule has 5 nitrogen and oxygen atoms in total. The van der Waals surface area contributed by atoms with Gasteiger partial charge in [0.2, 0.25) is 0 Å². The van der Waals surface area contributed by atoms with Gasteiger partial charge >= 0.3 is 5.97 Å². The first-order chi connectivity index (χ1) is 7.61. The van der Waals surface area contributed by atoms with Crippen LogP contribution < -0.4 is 5.73 Å².